The van der Waals surface area contributed by atoms with Crippen LogP contribution >= 0.6 is 15.9 Å². The van der Waals surface area contributed by atoms with Gasteiger partial charge in [-0.15, -0.1) is 0 Å². The van der Waals surface area contributed by atoms with Crippen molar-refractivity contribution in [3.63, 3.8) is 0 Å². The highest BCUT2D eigenvalue weighted by Crippen LogP contribution is 2.19. The van der Waals surface area contributed by atoms with E-state index in [9.17, 15) is 5.11 Å². The van der Waals surface area contributed by atoms with Crippen LogP contribution in [0.1, 0.15) is 25.0 Å². The van der Waals surface area contributed by atoms with E-state index in [1.54, 1.807) is 7.11 Å². The molecule has 1 aromatic carbocycles. The zero-order valence-electron chi connectivity index (χ0n) is 11.1. The molecule has 3 nitrogen and oxygen atoms in total. The van der Waals surface area contributed by atoms with Gasteiger partial charge in [0, 0.05) is 24.7 Å². The maximum Gasteiger partial charge on any atom is 0.0802 e. The fourth-order valence-corrected chi connectivity index (χ4v) is 2.07. The molecule has 1 N–H and O–H groups in total. The average molecular weight is 316 g/mol. The first kappa shape index (κ1) is 15.6. The third kappa shape index (κ3) is 5.48. The summed E-state index contributed by atoms with van der Waals surface area (Å²) in [6.07, 6.45) is 0.355. The molecule has 102 valence electrons. The third-order valence-corrected chi connectivity index (χ3v) is 3.56. The molecular formula is C14H22BrNO2. The summed E-state index contributed by atoms with van der Waals surface area (Å²) in [4.78, 5) is 2.28. The van der Waals surface area contributed by atoms with Crippen molar-refractivity contribution in [2.24, 2.45) is 0 Å². The van der Waals surface area contributed by atoms with E-state index in [2.05, 4.69) is 27.8 Å². The minimum Gasteiger partial charge on any atom is -0.388 e. The number of ether oxygens (including phenoxy) is 1. The molecule has 0 amide bonds. The van der Waals surface area contributed by atoms with Gasteiger partial charge in [0.05, 0.1) is 12.7 Å². The number of benzene rings is 1. The van der Waals surface area contributed by atoms with Crippen LogP contribution < -0.4 is 0 Å². The molecule has 1 unspecified atom stereocenters. The van der Waals surface area contributed by atoms with Crippen LogP contribution in [0, 0.1) is 0 Å². The lowest BCUT2D eigenvalue weighted by molar-refractivity contribution is 0.120. The van der Waals surface area contributed by atoms with Crippen LogP contribution in [0.2, 0.25) is 0 Å². The molecule has 1 atom stereocenters. The van der Waals surface area contributed by atoms with E-state index in [-0.39, 0.29) is 0 Å². The fourth-order valence-electron chi connectivity index (χ4n) is 1.80. The van der Waals surface area contributed by atoms with Gasteiger partial charge in [0.2, 0.25) is 0 Å². The van der Waals surface area contributed by atoms with Gasteiger partial charge < -0.3 is 14.7 Å². The van der Waals surface area contributed by atoms with Crippen molar-refractivity contribution in [3.8, 4) is 0 Å². The molecule has 0 spiro atoms. The van der Waals surface area contributed by atoms with Crippen molar-refractivity contribution in [2.75, 3.05) is 33.4 Å². The van der Waals surface area contributed by atoms with E-state index >= 15 is 0 Å². The van der Waals surface area contributed by atoms with Gasteiger partial charge >= 0.3 is 0 Å². The minimum atomic E-state index is -0.394. The predicted molar refractivity (Wildman–Crippen MR) is 77.7 cm³/mol. The first-order valence-electron chi connectivity index (χ1n) is 6.32. The van der Waals surface area contributed by atoms with Crippen molar-refractivity contribution in [2.45, 2.75) is 19.4 Å². The Labute approximate surface area is 118 Å². The number of rotatable bonds is 8. The normalized spacial score (nSPS) is 12.9. The number of nitrogens with zero attached hydrogens (tertiary/aromatic N) is 1. The molecule has 1 rings (SSSR count). The highest BCUT2D eigenvalue weighted by molar-refractivity contribution is 9.10. The Morgan fingerprint density at radius 2 is 1.94 bits per heavy atom. The number of aliphatic hydroxyl groups is 1. The van der Waals surface area contributed by atoms with Gasteiger partial charge in [-0.1, -0.05) is 35.0 Å². The lowest BCUT2D eigenvalue weighted by Gasteiger charge is -2.21. The molecule has 0 fully saturated rings. The standard InChI is InChI=1S/C14H22BrNO2/c1-3-16(10-11-18-2)9-8-14(17)12-4-6-13(15)7-5-12/h4-7,14,17H,3,8-11H2,1-2H3. The lowest BCUT2D eigenvalue weighted by Crippen LogP contribution is -2.29. The maximum absolute atomic E-state index is 10.1. The molecule has 0 heterocycles. The van der Waals surface area contributed by atoms with Gasteiger partial charge in [-0.3, -0.25) is 0 Å². The fraction of sp³-hybridized carbons (Fsp3) is 0.571. The van der Waals surface area contributed by atoms with E-state index in [0.29, 0.717) is 0 Å². The van der Waals surface area contributed by atoms with Crippen LogP contribution in [-0.4, -0.2) is 43.4 Å². The molecule has 0 saturated carbocycles. The molecular weight excluding hydrogens is 294 g/mol. The largest absolute Gasteiger partial charge is 0.388 e. The molecule has 0 aliphatic carbocycles. The quantitative estimate of drug-likeness (QED) is 0.800. The summed E-state index contributed by atoms with van der Waals surface area (Å²) in [5.74, 6) is 0. The Balaban J connectivity index is 2.39. The summed E-state index contributed by atoms with van der Waals surface area (Å²) in [6.45, 7) is 5.65. The predicted octanol–water partition coefficient (Wildman–Crippen LogP) is 2.84. The summed E-state index contributed by atoms with van der Waals surface area (Å²) >= 11 is 3.39. The van der Waals surface area contributed by atoms with Crippen LogP contribution in [0.15, 0.2) is 28.7 Å². The zero-order valence-corrected chi connectivity index (χ0v) is 12.7. The summed E-state index contributed by atoms with van der Waals surface area (Å²) < 4.78 is 6.11. The summed E-state index contributed by atoms with van der Waals surface area (Å²) in [5, 5.41) is 10.1. The Hall–Kier alpha value is -0.420. The van der Waals surface area contributed by atoms with Gasteiger partial charge in [-0.05, 0) is 30.7 Å². The zero-order chi connectivity index (χ0) is 13.4. The lowest BCUT2D eigenvalue weighted by atomic mass is 10.1. The summed E-state index contributed by atoms with van der Waals surface area (Å²) in [5.41, 5.74) is 0.973. The van der Waals surface area contributed by atoms with Crippen molar-refractivity contribution < 1.29 is 9.84 Å². The first-order chi connectivity index (χ1) is 8.67. The van der Waals surface area contributed by atoms with E-state index in [0.717, 1.165) is 42.7 Å². The van der Waals surface area contributed by atoms with Crippen molar-refractivity contribution in [1.29, 1.82) is 0 Å². The second kappa shape index (κ2) is 8.64. The molecule has 0 saturated heterocycles. The van der Waals surface area contributed by atoms with Crippen molar-refractivity contribution >= 4 is 15.9 Å². The second-order valence-corrected chi connectivity index (χ2v) is 5.20. The highest BCUT2D eigenvalue weighted by Gasteiger charge is 2.09. The van der Waals surface area contributed by atoms with Gasteiger partial charge in [0.1, 0.15) is 0 Å². The Bertz CT molecular complexity index is 329. The van der Waals surface area contributed by atoms with Crippen molar-refractivity contribution in [3.05, 3.63) is 34.3 Å². The molecule has 0 aromatic heterocycles. The van der Waals surface area contributed by atoms with Gasteiger partial charge in [-0.25, -0.2) is 0 Å². The van der Waals surface area contributed by atoms with E-state index in [4.69, 9.17) is 4.74 Å². The van der Waals surface area contributed by atoms with Gasteiger partial charge in [0.15, 0.2) is 0 Å². The summed E-state index contributed by atoms with van der Waals surface area (Å²) in [7, 11) is 1.71. The summed E-state index contributed by atoms with van der Waals surface area (Å²) in [6, 6.07) is 7.84. The van der Waals surface area contributed by atoms with Gasteiger partial charge in [0.25, 0.3) is 0 Å². The Morgan fingerprint density at radius 3 is 2.50 bits per heavy atom. The Kier molecular flexibility index (Phi) is 7.51. The monoisotopic (exact) mass is 315 g/mol. The first-order valence-corrected chi connectivity index (χ1v) is 7.11. The third-order valence-electron chi connectivity index (χ3n) is 3.03. The SMILES string of the molecule is CCN(CCOC)CCC(O)c1ccc(Br)cc1. The van der Waals surface area contributed by atoms with E-state index < -0.39 is 6.10 Å². The number of hydrogen-bond acceptors (Lipinski definition) is 3. The van der Waals surface area contributed by atoms with Crippen LogP contribution in [0.5, 0.6) is 0 Å². The number of aliphatic hydroxyl groups excluding tert-OH is 1. The molecule has 0 radical (unpaired) electrons. The van der Waals surface area contributed by atoms with Crippen LogP contribution in [0.3, 0.4) is 0 Å². The molecule has 0 aliphatic rings. The maximum atomic E-state index is 10.1. The Morgan fingerprint density at radius 1 is 1.28 bits per heavy atom. The van der Waals surface area contributed by atoms with E-state index in [1.165, 1.54) is 0 Å². The second-order valence-electron chi connectivity index (χ2n) is 4.28. The van der Waals surface area contributed by atoms with Crippen LogP contribution in [-0.2, 0) is 4.74 Å². The van der Waals surface area contributed by atoms with Crippen molar-refractivity contribution in [1.82, 2.24) is 4.90 Å². The van der Waals surface area contributed by atoms with Crippen LogP contribution in [0.25, 0.3) is 0 Å². The van der Waals surface area contributed by atoms with Gasteiger partial charge in [-0.2, -0.15) is 0 Å². The number of likely N-dealkylation sites (N-methyl/N-ethyl adjacent to an activating group) is 1. The number of halogens is 1. The van der Waals surface area contributed by atoms with E-state index in [1.807, 2.05) is 24.3 Å². The van der Waals surface area contributed by atoms with Crippen LogP contribution in [0.4, 0.5) is 0 Å². The topological polar surface area (TPSA) is 32.7 Å². The molecule has 1 aromatic rings. The molecule has 0 aliphatic heterocycles. The molecule has 0 bridgehead atoms. The number of methoxy groups -OCH3 is 1. The average Bonchev–Trinajstić information content (AvgIpc) is 2.39. The smallest absolute Gasteiger partial charge is 0.0802 e. The molecule has 4 heteroatoms. The highest BCUT2D eigenvalue weighted by atomic mass is 79.9. The molecule has 18 heavy (non-hydrogen) atoms. The number of hydrogen-bond donors (Lipinski definition) is 1. The minimum absolute atomic E-state index is 0.394.